The maximum Gasteiger partial charge on any atom is 0.437 e. The molecule has 0 aliphatic rings. The number of fused-ring (bicyclic) bond motifs is 1. The van der Waals surface area contributed by atoms with Crippen molar-refractivity contribution in [3.8, 4) is 5.75 Å². The molecule has 2 heterocycles. The van der Waals surface area contributed by atoms with Crippen LogP contribution in [0.15, 0.2) is 33.9 Å². The molecule has 0 atom stereocenters. The summed E-state index contributed by atoms with van der Waals surface area (Å²) in [5.41, 5.74) is -0.273. The summed E-state index contributed by atoms with van der Waals surface area (Å²) in [6.07, 6.45) is 0. The fourth-order valence-corrected chi connectivity index (χ4v) is 2.78. The summed E-state index contributed by atoms with van der Waals surface area (Å²) < 4.78 is 8.88. The van der Waals surface area contributed by atoms with Crippen LogP contribution >= 0.6 is 0 Å². The Morgan fingerprint density at radius 1 is 1.23 bits per heavy atom. The van der Waals surface area contributed by atoms with Crippen molar-refractivity contribution in [2.45, 2.75) is 13.5 Å². The Labute approximate surface area is 147 Å². The molecule has 26 heavy (non-hydrogen) atoms. The van der Waals surface area contributed by atoms with E-state index in [9.17, 15) is 19.7 Å². The smallest absolute Gasteiger partial charge is 0.437 e. The number of nitrogens with zero attached hydrogens (tertiary/aromatic N) is 5. The van der Waals surface area contributed by atoms with Gasteiger partial charge < -0.3 is 14.9 Å². The summed E-state index contributed by atoms with van der Waals surface area (Å²) in [4.78, 5) is 38.9. The predicted octanol–water partition coefficient (Wildman–Crippen LogP) is 0.729. The second kappa shape index (κ2) is 6.47. The van der Waals surface area contributed by atoms with E-state index >= 15 is 0 Å². The van der Waals surface area contributed by atoms with E-state index < -0.39 is 22.1 Å². The van der Waals surface area contributed by atoms with Gasteiger partial charge in [-0.15, -0.1) is 0 Å². The van der Waals surface area contributed by atoms with Gasteiger partial charge in [-0.25, -0.2) is 9.36 Å². The zero-order valence-corrected chi connectivity index (χ0v) is 14.5. The predicted molar refractivity (Wildman–Crippen MR) is 93.5 cm³/mol. The van der Waals surface area contributed by atoms with Gasteiger partial charge in [-0.3, -0.25) is 13.9 Å². The number of imidazole rings is 1. The van der Waals surface area contributed by atoms with Gasteiger partial charge in [0, 0.05) is 14.1 Å². The third-order valence-electron chi connectivity index (χ3n) is 4.06. The summed E-state index contributed by atoms with van der Waals surface area (Å²) >= 11 is 0. The van der Waals surface area contributed by atoms with Gasteiger partial charge in [0.05, 0.1) is 0 Å². The fraction of sp³-hybridized carbons (Fsp3) is 0.312. The van der Waals surface area contributed by atoms with Crippen LogP contribution in [-0.4, -0.2) is 30.2 Å². The summed E-state index contributed by atoms with van der Waals surface area (Å²) in [5, 5.41) is 11.3. The van der Waals surface area contributed by atoms with Crippen molar-refractivity contribution in [3.63, 3.8) is 0 Å². The maximum atomic E-state index is 12.2. The van der Waals surface area contributed by atoms with Gasteiger partial charge in [0.25, 0.3) is 5.52 Å². The first-order valence-corrected chi connectivity index (χ1v) is 7.81. The average molecular weight is 359 g/mol. The van der Waals surface area contributed by atoms with Gasteiger partial charge in [-0.2, -0.15) is 0 Å². The summed E-state index contributed by atoms with van der Waals surface area (Å²) in [7, 11) is 2.74. The lowest BCUT2D eigenvalue weighted by atomic mass is 10.2. The van der Waals surface area contributed by atoms with Crippen molar-refractivity contribution < 1.29 is 9.66 Å². The lowest BCUT2D eigenvalue weighted by Crippen LogP contribution is -2.37. The van der Waals surface area contributed by atoms with Gasteiger partial charge in [-0.1, -0.05) is 17.1 Å². The summed E-state index contributed by atoms with van der Waals surface area (Å²) in [5.74, 6) is 0.119. The average Bonchev–Trinajstić information content (AvgIpc) is 2.98. The number of hydrogen-bond acceptors (Lipinski definition) is 6. The van der Waals surface area contributed by atoms with Crippen LogP contribution in [0.3, 0.4) is 0 Å². The van der Waals surface area contributed by atoms with E-state index in [0.717, 1.165) is 10.1 Å². The maximum absolute atomic E-state index is 12.2. The van der Waals surface area contributed by atoms with E-state index in [4.69, 9.17) is 4.74 Å². The van der Waals surface area contributed by atoms with E-state index in [1.807, 2.05) is 25.1 Å². The monoisotopic (exact) mass is 359 g/mol. The highest BCUT2D eigenvalue weighted by Crippen LogP contribution is 2.18. The first-order valence-electron chi connectivity index (χ1n) is 7.81. The number of hydrogen-bond donors (Lipinski definition) is 0. The molecule has 10 nitrogen and oxygen atoms in total. The van der Waals surface area contributed by atoms with Crippen molar-refractivity contribution in [3.05, 3.63) is 60.8 Å². The molecule has 0 spiro atoms. The van der Waals surface area contributed by atoms with Crippen LogP contribution in [0.5, 0.6) is 5.75 Å². The second-order valence-electron chi connectivity index (χ2n) is 5.86. The van der Waals surface area contributed by atoms with E-state index in [0.29, 0.717) is 5.75 Å². The number of aromatic nitrogens is 4. The Balaban J connectivity index is 2.03. The molecular weight excluding hydrogens is 342 g/mol. The second-order valence-corrected chi connectivity index (χ2v) is 5.86. The molecule has 2 aromatic heterocycles. The molecule has 3 rings (SSSR count). The van der Waals surface area contributed by atoms with Crippen molar-refractivity contribution in [1.29, 1.82) is 0 Å². The summed E-state index contributed by atoms with van der Waals surface area (Å²) in [6.45, 7) is 2.09. The Morgan fingerprint density at radius 3 is 2.62 bits per heavy atom. The van der Waals surface area contributed by atoms with Gasteiger partial charge >= 0.3 is 17.2 Å². The molecule has 0 aliphatic carbocycles. The van der Waals surface area contributed by atoms with Gasteiger partial charge in [0.2, 0.25) is 5.65 Å². The highest BCUT2D eigenvalue weighted by atomic mass is 16.6. The first-order chi connectivity index (χ1) is 12.3. The van der Waals surface area contributed by atoms with E-state index in [-0.39, 0.29) is 24.3 Å². The standard InChI is InChI=1S/C16H17N5O5/c1-10-5-4-6-11(9-10)26-8-7-20-13-12(17-15(20)21(24)25)14(22)19(3)16(23)18(13)2/h4-6,9H,7-8H2,1-3H3. The lowest BCUT2D eigenvalue weighted by Gasteiger charge is -2.08. The van der Waals surface area contributed by atoms with Crippen LogP contribution in [0.4, 0.5) is 5.95 Å². The number of ether oxygens (including phenoxy) is 1. The molecule has 0 saturated heterocycles. The largest absolute Gasteiger partial charge is 0.490 e. The molecule has 136 valence electrons. The normalized spacial score (nSPS) is 11.0. The first kappa shape index (κ1) is 17.4. The van der Waals surface area contributed by atoms with Crippen LogP contribution in [0.25, 0.3) is 11.2 Å². The molecule has 0 N–H and O–H groups in total. The molecule has 0 aliphatic heterocycles. The van der Waals surface area contributed by atoms with Crippen molar-refractivity contribution in [1.82, 2.24) is 18.7 Å². The number of rotatable bonds is 5. The molecule has 0 saturated carbocycles. The zero-order valence-electron chi connectivity index (χ0n) is 14.5. The quantitative estimate of drug-likeness (QED) is 0.490. The molecular formula is C16H17N5O5. The Hall–Kier alpha value is -3.43. The topological polar surface area (TPSA) is 114 Å². The molecule has 0 amide bonds. The lowest BCUT2D eigenvalue weighted by molar-refractivity contribution is -0.396. The molecule has 0 bridgehead atoms. The molecule has 10 heteroatoms. The molecule has 0 radical (unpaired) electrons. The Bertz CT molecular complexity index is 1120. The van der Waals surface area contributed by atoms with Crippen LogP contribution in [0.2, 0.25) is 0 Å². The van der Waals surface area contributed by atoms with E-state index in [1.165, 1.54) is 23.2 Å². The van der Waals surface area contributed by atoms with Crippen molar-refractivity contribution >= 4 is 17.1 Å². The number of aryl methyl sites for hydroxylation is 2. The molecule has 0 fully saturated rings. The Kier molecular flexibility index (Phi) is 4.33. The van der Waals surface area contributed by atoms with Crippen LogP contribution in [-0.2, 0) is 20.6 Å². The van der Waals surface area contributed by atoms with Crippen LogP contribution in [0, 0.1) is 17.0 Å². The van der Waals surface area contributed by atoms with Crippen LogP contribution in [0.1, 0.15) is 5.56 Å². The third kappa shape index (κ3) is 2.85. The highest BCUT2D eigenvalue weighted by Gasteiger charge is 2.27. The Morgan fingerprint density at radius 2 is 1.96 bits per heavy atom. The van der Waals surface area contributed by atoms with Gasteiger partial charge in [0.1, 0.15) is 18.9 Å². The van der Waals surface area contributed by atoms with Crippen molar-refractivity contribution in [2.24, 2.45) is 14.1 Å². The number of benzene rings is 1. The minimum atomic E-state index is -0.684. The molecule has 1 aromatic carbocycles. The van der Waals surface area contributed by atoms with Crippen molar-refractivity contribution in [2.75, 3.05) is 6.61 Å². The van der Waals surface area contributed by atoms with E-state index in [2.05, 4.69) is 4.98 Å². The summed E-state index contributed by atoms with van der Waals surface area (Å²) in [6, 6.07) is 7.38. The minimum absolute atomic E-state index is 0.0567. The SMILES string of the molecule is Cc1cccc(OCCn2c([N+](=O)[O-])nc3c(=O)n(C)c(=O)n(C)c32)c1. The minimum Gasteiger partial charge on any atom is -0.490 e. The molecule has 3 aromatic rings. The highest BCUT2D eigenvalue weighted by molar-refractivity contribution is 5.72. The zero-order chi connectivity index (χ0) is 19.0. The third-order valence-corrected chi connectivity index (χ3v) is 4.06. The van der Waals surface area contributed by atoms with E-state index in [1.54, 1.807) is 6.07 Å². The van der Waals surface area contributed by atoms with Crippen LogP contribution < -0.4 is 16.0 Å². The van der Waals surface area contributed by atoms with Gasteiger partial charge in [0.15, 0.2) is 0 Å². The fourth-order valence-electron chi connectivity index (χ4n) is 2.78. The number of nitro groups is 1. The van der Waals surface area contributed by atoms with Gasteiger partial charge in [-0.05, 0) is 29.5 Å². The molecule has 0 unspecified atom stereocenters.